The van der Waals surface area contributed by atoms with Gasteiger partial charge in [0.1, 0.15) is 0 Å². The number of nitrogens with one attached hydrogen (secondary N) is 2. The van der Waals surface area contributed by atoms with E-state index in [0.717, 1.165) is 32.2 Å². The van der Waals surface area contributed by atoms with Crippen LogP contribution in [0, 0.1) is 0 Å². The van der Waals surface area contributed by atoms with Gasteiger partial charge in [-0.2, -0.15) is 0 Å². The molecule has 2 N–H and O–H groups in total. The lowest BCUT2D eigenvalue weighted by atomic mass is 9.86. The minimum Gasteiger partial charge on any atom is -0.345 e. The van der Waals surface area contributed by atoms with E-state index >= 15 is 0 Å². The van der Waals surface area contributed by atoms with Crippen LogP contribution in [-0.4, -0.2) is 18.5 Å². The van der Waals surface area contributed by atoms with Crippen molar-refractivity contribution in [3.8, 4) is 0 Å². The molecule has 2 aromatic carbocycles. The monoisotopic (exact) mass is 306 g/mol. The van der Waals surface area contributed by atoms with Crippen LogP contribution >= 0.6 is 0 Å². The Kier molecular flexibility index (Phi) is 3.66. The van der Waals surface area contributed by atoms with Crippen LogP contribution in [0.4, 0.5) is 0 Å². The van der Waals surface area contributed by atoms with Crippen LogP contribution in [0.15, 0.2) is 54.6 Å². The van der Waals surface area contributed by atoms with E-state index in [1.807, 2.05) is 6.07 Å². The van der Waals surface area contributed by atoms with Crippen LogP contribution in [-0.2, 0) is 23.2 Å². The highest BCUT2D eigenvalue weighted by atomic mass is 16.2. The molecule has 0 radical (unpaired) electrons. The summed E-state index contributed by atoms with van der Waals surface area (Å²) >= 11 is 0. The predicted octanol–water partition coefficient (Wildman–Crippen LogP) is 2.55. The van der Waals surface area contributed by atoms with Gasteiger partial charge in [0, 0.05) is 12.8 Å². The van der Waals surface area contributed by atoms with Gasteiger partial charge < -0.3 is 10.6 Å². The molecule has 23 heavy (non-hydrogen) atoms. The van der Waals surface area contributed by atoms with Gasteiger partial charge in [0.05, 0.1) is 11.6 Å². The fraction of sp³-hybridized carbons (Fsp3) is 0.350. The molecule has 3 nitrogen and oxygen atoms in total. The van der Waals surface area contributed by atoms with E-state index in [9.17, 15) is 4.79 Å². The van der Waals surface area contributed by atoms with Crippen molar-refractivity contribution in [1.82, 2.24) is 10.6 Å². The molecule has 118 valence electrons. The molecule has 1 amide bonds. The van der Waals surface area contributed by atoms with Crippen LogP contribution in [0.25, 0.3) is 0 Å². The molecule has 4 rings (SSSR count). The Hall–Kier alpha value is -2.13. The average molecular weight is 306 g/mol. The summed E-state index contributed by atoms with van der Waals surface area (Å²) in [6, 6.07) is 18.9. The first kappa shape index (κ1) is 14.5. The molecule has 1 aliphatic heterocycles. The smallest absolute Gasteiger partial charge is 0.237 e. The van der Waals surface area contributed by atoms with Gasteiger partial charge in [0.25, 0.3) is 0 Å². The number of hydrogen-bond acceptors (Lipinski definition) is 2. The number of hydrogen-bond donors (Lipinski definition) is 2. The zero-order valence-electron chi connectivity index (χ0n) is 13.2. The summed E-state index contributed by atoms with van der Waals surface area (Å²) in [7, 11) is 0. The van der Waals surface area contributed by atoms with Crippen LogP contribution in [0.2, 0.25) is 0 Å². The Labute approximate surface area is 137 Å². The van der Waals surface area contributed by atoms with Gasteiger partial charge in [-0.25, -0.2) is 0 Å². The van der Waals surface area contributed by atoms with E-state index in [4.69, 9.17) is 0 Å². The van der Waals surface area contributed by atoms with Gasteiger partial charge in [-0.05, 0) is 36.1 Å². The Bertz CT molecular complexity index is 680. The highest BCUT2D eigenvalue weighted by molar-refractivity contribution is 5.83. The zero-order valence-corrected chi connectivity index (χ0v) is 13.2. The van der Waals surface area contributed by atoms with Crippen LogP contribution in [0.1, 0.15) is 29.5 Å². The third kappa shape index (κ3) is 2.66. The van der Waals surface area contributed by atoms with E-state index in [1.165, 1.54) is 16.7 Å². The lowest BCUT2D eigenvalue weighted by Crippen LogP contribution is -2.52. The normalized spacial score (nSPS) is 21.8. The van der Waals surface area contributed by atoms with Crippen molar-refractivity contribution in [2.45, 2.75) is 37.3 Å². The summed E-state index contributed by atoms with van der Waals surface area (Å²) in [6.07, 6.45) is 3.75. The van der Waals surface area contributed by atoms with Crippen molar-refractivity contribution < 1.29 is 4.79 Å². The largest absolute Gasteiger partial charge is 0.345 e. The summed E-state index contributed by atoms with van der Waals surface area (Å²) in [5.41, 5.74) is 3.57. The average Bonchev–Trinajstić information content (AvgIpc) is 3.23. The lowest BCUT2D eigenvalue weighted by Gasteiger charge is -2.32. The Morgan fingerprint density at radius 3 is 2.26 bits per heavy atom. The summed E-state index contributed by atoms with van der Waals surface area (Å²) in [5, 5.41) is 6.70. The number of carbonyl (C=O) groups is 1. The second-order valence-corrected chi connectivity index (χ2v) is 6.71. The topological polar surface area (TPSA) is 41.1 Å². The maximum absolute atomic E-state index is 12.8. The predicted molar refractivity (Wildman–Crippen MR) is 91.1 cm³/mol. The molecule has 2 aliphatic rings. The molecule has 0 aromatic heterocycles. The number of fused-ring (bicyclic) bond motifs is 1. The third-order valence-electron chi connectivity index (χ3n) is 5.17. The highest BCUT2D eigenvalue weighted by Gasteiger charge is 2.41. The van der Waals surface area contributed by atoms with Gasteiger partial charge in [-0.3, -0.25) is 4.79 Å². The molecule has 0 spiro atoms. The van der Waals surface area contributed by atoms with E-state index in [2.05, 4.69) is 59.2 Å². The summed E-state index contributed by atoms with van der Waals surface area (Å²) < 4.78 is 0. The second-order valence-electron chi connectivity index (χ2n) is 6.71. The molecule has 1 heterocycles. The van der Waals surface area contributed by atoms with E-state index in [-0.39, 0.29) is 17.5 Å². The van der Waals surface area contributed by atoms with Crippen molar-refractivity contribution in [2.75, 3.05) is 6.54 Å². The van der Waals surface area contributed by atoms with Crippen molar-refractivity contribution in [1.29, 1.82) is 0 Å². The molecule has 0 saturated carbocycles. The van der Waals surface area contributed by atoms with Crippen molar-refractivity contribution in [2.24, 2.45) is 0 Å². The molecule has 0 unspecified atom stereocenters. The van der Waals surface area contributed by atoms with Gasteiger partial charge in [-0.15, -0.1) is 0 Å². The zero-order chi connectivity index (χ0) is 15.7. The van der Waals surface area contributed by atoms with Crippen molar-refractivity contribution in [3.05, 3.63) is 71.3 Å². The molecule has 1 saturated heterocycles. The molecule has 2 aromatic rings. The molecule has 1 atom stereocenters. The number of carbonyl (C=O) groups excluding carboxylic acids is 1. The standard InChI is InChI=1S/C20H22N2O/c23-19(18-11-6-12-21-18)22-20(17-9-2-1-3-10-17)13-15-7-4-5-8-16(15)14-20/h1-5,7-10,18,21H,6,11-14H2,(H,22,23)/t18-/m0/s1. The van der Waals surface area contributed by atoms with E-state index < -0.39 is 0 Å². The molecule has 3 heteroatoms. The van der Waals surface area contributed by atoms with Crippen LogP contribution < -0.4 is 10.6 Å². The third-order valence-corrected chi connectivity index (χ3v) is 5.17. The summed E-state index contributed by atoms with van der Waals surface area (Å²) in [5.74, 6) is 0.138. The fourth-order valence-corrected chi connectivity index (χ4v) is 3.97. The number of amides is 1. The minimum absolute atomic E-state index is 0.0423. The molecule has 1 aliphatic carbocycles. The SMILES string of the molecule is O=C(NC1(c2ccccc2)Cc2ccccc2C1)[C@@H]1CCCN1. The lowest BCUT2D eigenvalue weighted by molar-refractivity contribution is -0.124. The van der Waals surface area contributed by atoms with Gasteiger partial charge in [0.2, 0.25) is 5.91 Å². The van der Waals surface area contributed by atoms with E-state index in [1.54, 1.807) is 0 Å². The second kappa shape index (κ2) is 5.82. The first-order chi connectivity index (χ1) is 11.3. The molecule has 1 fully saturated rings. The van der Waals surface area contributed by atoms with Crippen LogP contribution in [0.3, 0.4) is 0 Å². The number of rotatable bonds is 3. The Balaban J connectivity index is 1.67. The Morgan fingerprint density at radius 1 is 1.00 bits per heavy atom. The van der Waals surface area contributed by atoms with Crippen molar-refractivity contribution >= 4 is 5.91 Å². The van der Waals surface area contributed by atoms with Gasteiger partial charge in [0.15, 0.2) is 0 Å². The van der Waals surface area contributed by atoms with Crippen LogP contribution in [0.5, 0.6) is 0 Å². The molecular formula is C20H22N2O. The summed E-state index contributed by atoms with van der Waals surface area (Å²) in [4.78, 5) is 12.8. The number of benzene rings is 2. The summed E-state index contributed by atoms with van der Waals surface area (Å²) in [6.45, 7) is 0.941. The highest BCUT2D eigenvalue weighted by Crippen LogP contribution is 2.38. The maximum Gasteiger partial charge on any atom is 0.237 e. The Morgan fingerprint density at radius 2 is 1.65 bits per heavy atom. The quantitative estimate of drug-likeness (QED) is 0.915. The van der Waals surface area contributed by atoms with Gasteiger partial charge in [-0.1, -0.05) is 54.6 Å². The van der Waals surface area contributed by atoms with Gasteiger partial charge >= 0.3 is 0 Å². The fourth-order valence-electron chi connectivity index (χ4n) is 3.97. The van der Waals surface area contributed by atoms with Crippen molar-refractivity contribution in [3.63, 3.8) is 0 Å². The maximum atomic E-state index is 12.8. The first-order valence-corrected chi connectivity index (χ1v) is 8.45. The first-order valence-electron chi connectivity index (χ1n) is 8.45. The molecule has 0 bridgehead atoms. The minimum atomic E-state index is -0.313. The van der Waals surface area contributed by atoms with E-state index in [0.29, 0.717) is 0 Å². The molecular weight excluding hydrogens is 284 g/mol.